The van der Waals surface area contributed by atoms with E-state index in [0.717, 1.165) is 31.3 Å². The predicted molar refractivity (Wildman–Crippen MR) is 137 cm³/mol. The third-order valence-corrected chi connectivity index (χ3v) is 13.4. The van der Waals surface area contributed by atoms with Gasteiger partial charge in [0.15, 0.2) is 0 Å². The number of carbonyl (C=O) groups is 1. The molecule has 5 aliphatic carbocycles. The molecule has 0 aliphatic heterocycles. The van der Waals surface area contributed by atoms with Gasteiger partial charge in [0.2, 0.25) is 0 Å². The highest BCUT2D eigenvalue weighted by molar-refractivity contribution is 5.77. The van der Waals surface area contributed by atoms with Gasteiger partial charge in [0, 0.05) is 11.3 Å². The number of aliphatic carboxylic acids is 1. The number of aliphatic hydroxyl groups is 4. The first-order valence-electron chi connectivity index (χ1n) is 14.1. The van der Waals surface area contributed by atoms with Crippen LogP contribution in [-0.2, 0) is 4.79 Å². The van der Waals surface area contributed by atoms with Crippen molar-refractivity contribution in [3.05, 3.63) is 11.6 Å². The summed E-state index contributed by atoms with van der Waals surface area (Å²) in [4.78, 5) is 12.8. The summed E-state index contributed by atoms with van der Waals surface area (Å²) in [6, 6.07) is 0. The Morgan fingerprint density at radius 2 is 1.56 bits per heavy atom. The lowest BCUT2D eigenvalue weighted by Gasteiger charge is -2.71. The number of aliphatic hydroxyl groups excluding tert-OH is 4. The van der Waals surface area contributed by atoms with Crippen LogP contribution in [0.3, 0.4) is 0 Å². The fourth-order valence-electron chi connectivity index (χ4n) is 10.8. The topological polar surface area (TPSA) is 118 Å². The van der Waals surface area contributed by atoms with Crippen LogP contribution < -0.4 is 0 Å². The molecule has 6 heteroatoms. The first kappa shape index (κ1) is 26.6. The van der Waals surface area contributed by atoms with Crippen molar-refractivity contribution in [2.75, 3.05) is 6.61 Å². The summed E-state index contributed by atoms with van der Waals surface area (Å²) in [6.45, 7) is 12.9. The van der Waals surface area contributed by atoms with Crippen LogP contribution in [0.2, 0.25) is 0 Å². The summed E-state index contributed by atoms with van der Waals surface area (Å²) >= 11 is 0. The van der Waals surface area contributed by atoms with E-state index in [-0.39, 0.29) is 46.0 Å². The maximum Gasteiger partial charge on any atom is 0.310 e. The molecule has 0 bridgehead atoms. The van der Waals surface area contributed by atoms with E-state index in [2.05, 4.69) is 40.7 Å². The van der Waals surface area contributed by atoms with E-state index in [4.69, 9.17) is 0 Å². The molecule has 6 nitrogen and oxygen atoms in total. The van der Waals surface area contributed by atoms with Gasteiger partial charge in [-0.05, 0) is 84.9 Å². The van der Waals surface area contributed by atoms with E-state index in [1.54, 1.807) is 0 Å². The standard InChI is InChI=1S/C30H48O6/c1-25(2)11-13-30(24(35)36)14-12-28(5)17(21(30)23(25)34)7-8-20-26(3)15-18(32)22(33)27(4,16-31)19(26)9-10-29(20,28)6/h7,18-23,31-34H,8-16H2,1-6H3,(H,35,36)/t18-,19?,20?,21?,22?,23?,26?,27+,28-,29?,30?/m1/s1. The Bertz CT molecular complexity index is 974. The third-order valence-electron chi connectivity index (χ3n) is 13.4. The van der Waals surface area contributed by atoms with E-state index < -0.39 is 35.1 Å². The predicted octanol–water partition coefficient (Wildman–Crippen LogP) is 4.15. The summed E-state index contributed by atoms with van der Waals surface area (Å²) in [5.74, 6) is -0.833. The summed E-state index contributed by atoms with van der Waals surface area (Å²) in [7, 11) is 0. The Hall–Kier alpha value is -0.950. The zero-order chi connectivity index (χ0) is 26.7. The molecule has 36 heavy (non-hydrogen) atoms. The van der Waals surface area contributed by atoms with Crippen molar-refractivity contribution >= 4 is 5.97 Å². The van der Waals surface area contributed by atoms with Crippen LogP contribution in [0.1, 0.15) is 92.9 Å². The average molecular weight is 505 g/mol. The lowest BCUT2D eigenvalue weighted by Crippen LogP contribution is -2.69. The van der Waals surface area contributed by atoms with Crippen LogP contribution in [0.4, 0.5) is 0 Å². The first-order valence-corrected chi connectivity index (χ1v) is 14.1. The molecule has 0 spiro atoms. The van der Waals surface area contributed by atoms with Crippen LogP contribution in [0.5, 0.6) is 0 Å². The highest BCUT2D eigenvalue weighted by Crippen LogP contribution is 2.75. The second-order valence-corrected chi connectivity index (χ2v) is 15.0. The van der Waals surface area contributed by atoms with Gasteiger partial charge in [-0.3, -0.25) is 4.79 Å². The second-order valence-electron chi connectivity index (χ2n) is 15.0. The normalized spacial score (nSPS) is 55.9. The molecular weight excluding hydrogens is 456 g/mol. The van der Waals surface area contributed by atoms with Crippen molar-refractivity contribution in [3.8, 4) is 0 Å². The molecule has 4 fully saturated rings. The fraction of sp³-hybridized carbons (Fsp3) is 0.900. The van der Waals surface area contributed by atoms with E-state index >= 15 is 0 Å². The van der Waals surface area contributed by atoms with E-state index in [9.17, 15) is 30.3 Å². The minimum Gasteiger partial charge on any atom is -0.481 e. The summed E-state index contributed by atoms with van der Waals surface area (Å²) in [5.41, 5.74) is -1.50. The highest BCUT2D eigenvalue weighted by atomic mass is 16.4. The molecule has 0 aromatic heterocycles. The fourth-order valence-corrected chi connectivity index (χ4v) is 10.8. The van der Waals surface area contributed by atoms with Crippen LogP contribution in [-0.4, -0.2) is 56.4 Å². The van der Waals surface area contributed by atoms with Crippen molar-refractivity contribution in [3.63, 3.8) is 0 Å². The first-order chi connectivity index (χ1) is 16.5. The molecule has 0 amide bonds. The Morgan fingerprint density at radius 1 is 0.917 bits per heavy atom. The van der Waals surface area contributed by atoms with Crippen molar-refractivity contribution in [1.82, 2.24) is 0 Å². The zero-order valence-corrected chi connectivity index (χ0v) is 23.0. The molecule has 204 valence electrons. The molecule has 0 aromatic carbocycles. The van der Waals surface area contributed by atoms with Gasteiger partial charge >= 0.3 is 5.97 Å². The van der Waals surface area contributed by atoms with Crippen LogP contribution in [0.25, 0.3) is 0 Å². The van der Waals surface area contributed by atoms with Gasteiger partial charge in [0.05, 0.1) is 30.3 Å². The zero-order valence-electron chi connectivity index (χ0n) is 23.0. The van der Waals surface area contributed by atoms with Gasteiger partial charge in [-0.2, -0.15) is 0 Å². The Morgan fingerprint density at radius 3 is 2.17 bits per heavy atom. The average Bonchev–Trinajstić information content (AvgIpc) is 2.80. The summed E-state index contributed by atoms with van der Waals surface area (Å²) < 4.78 is 0. The largest absolute Gasteiger partial charge is 0.481 e. The van der Waals surface area contributed by atoms with E-state index in [0.29, 0.717) is 25.7 Å². The lowest BCUT2D eigenvalue weighted by atomic mass is 9.33. The van der Waals surface area contributed by atoms with E-state index in [1.165, 1.54) is 0 Å². The van der Waals surface area contributed by atoms with Gasteiger partial charge in [-0.25, -0.2) is 0 Å². The summed E-state index contributed by atoms with van der Waals surface area (Å²) in [6.07, 6.45) is 5.48. The minimum absolute atomic E-state index is 0.0888. The molecule has 8 unspecified atom stereocenters. The molecule has 0 saturated heterocycles. The van der Waals surface area contributed by atoms with Crippen molar-refractivity contribution < 1.29 is 30.3 Å². The van der Waals surface area contributed by atoms with Gasteiger partial charge in [0.1, 0.15) is 0 Å². The number of rotatable bonds is 2. The number of allylic oxidation sites excluding steroid dienone is 1. The number of carboxylic acids is 1. The SMILES string of the molecule is CC1(C)CCC2(C(=O)O)CC[C@]3(C)C(=CCC4C5(C)C[C@@H](O)C(O)[C@@](C)(CO)C5CCC43C)C2C1O. The molecule has 0 heterocycles. The van der Waals surface area contributed by atoms with Crippen LogP contribution >= 0.6 is 0 Å². The van der Waals surface area contributed by atoms with Gasteiger partial charge in [-0.1, -0.05) is 53.2 Å². The minimum atomic E-state index is -0.944. The molecule has 4 saturated carbocycles. The van der Waals surface area contributed by atoms with Crippen molar-refractivity contribution in [1.29, 1.82) is 0 Å². The monoisotopic (exact) mass is 504 g/mol. The number of hydrogen-bond acceptors (Lipinski definition) is 5. The number of fused-ring (bicyclic) bond motifs is 7. The Kier molecular flexibility index (Phi) is 5.77. The molecular formula is C30H48O6. The number of hydrogen-bond donors (Lipinski definition) is 5. The van der Waals surface area contributed by atoms with Gasteiger partial charge in [-0.15, -0.1) is 0 Å². The molecule has 11 atom stereocenters. The quantitative estimate of drug-likeness (QED) is 0.361. The molecule has 0 radical (unpaired) electrons. The summed E-state index contributed by atoms with van der Waals surface area (Å²) in [5, 5.41) is 54.5. The highest BCUT2D eigenvalue weighted by Gasteiger charge is 2.71. The number of carboxylic acid groups (broad SMARTS) is 1. The van der Waals surface area contributed by atoms with Gasteiger partial charge < -0.3 is 25.5 Å². The van der Waals surface area contributed by atoms with E-state index in [1.807, 2.05) is 6.92 Å². The van der Waals surface area contributed by atoms with Gasteiger partial charge in [0.25, 0.3) is 0 Å². The second kappa shape index (κ2) is 7.80. The maximum atomic E-state index is 12.8. The van der Waals surface area contributed by atoms with Crippen LogP contribution in [0, 0.1) is 50.2 Å². The lowest BCUT2D eigenvalue weighted by molar-refractivity contribution is -0.245. The molecule has 5 aliphatic rings. The smallest absolute Gasteiger partial charge is 0.310 e. The third kappa shape index (κ3) is 2.96. The van der Waals surface area contributed by atoms with Crippen LogP contribution in [0.15, 0.2) is 11.6 Å². The van der Waals surface area contributed by atoms with Crippen molar-refractivity contribution in [2.24, 2.45) is 50.2 Å². The Balaban J connectivity index is 1.63. The Labute approximate surface area is 216 Å². The molecule has 5 rings (SSSR count). The molecule has 0 aromatic rings. The molecule has 5 N–H and O–H groups in total. The van der Waals surface area contributed by atoms with Crippen molar-refractivity contribution in [2.45, 2.75) is 111 Å². The maximum absolute atomic E-state index is 12.8.